The molecule has 1 N–H and O–H groups in total. The van der Waals surface area contributed by atoms with Gasteiger partial charge in [0.05, 0.1) is 17.3 Å². The highest BCUT2D eigenvalue weighted by Gasteiger charge is 2.33. The molecule has 15 heavy (non-hydrogen) atoms. The third-order valence-electron chi connectivity index (χ3n) is 2.08. The molecule has 0 aliphatic heterocycles. The molecule has 78 valence electrons. The van der Waals surface area contributed by atoms with Crippen LogP contribution in [0.3, 0.4) is 0 Å². The van der Waals surface area contributed by atoms with Gasteiger partial charge in [-0.15, -0.1) is 0 Å². The molecule has 0 atom stereocenters. The zero-order valence-electron chi connectivity index (χ0n) is 7.30. The molecule has 3 nitrogen and oxygen atoms in total. The number of alkyl halides is 3. The summed E-state index contributed by atoms with van der Waals surface area (Å²) in [5.74, 6) is 0. The monoisotopic (exact) mass is 214 g/mol. The predicted octanol–water partition coefficient (Wildman–Crippen LogP) is 2.39. The highest BCUT2D eigenvalue weighted by Crippen LogP contribution is 2.34. The number of hydrogen-bond donors (Lipinski definition) is 1. The molecule has 1 heterocycles. The van der Waals surface area contributed by atoms with Gasteiger partial charge in [-0.3, -0.25) is 9.89 Å². The zero-order valence-corrected chi connectivity index (χ0v) is 7.30. The summed E-state index contributed by atoms with van der Waals surface area (Å²) in [5, 5.41) is 5.92. The van der Waals surface area contributed by atoms with Crippen molar-refractivity contribution in [2.75, 3.05) is 0 Å². The number of fused-ring (bicyclic) bond motifs is 1. The van der Waals surface area contributed by atoms with Gasteiger partial charge in [-0.05, 0) is 6.07 Å². The van der Waals surface area contributed by atoms with Crippen LogP contribution < -0.4 is 0 Å². The fourth-order valence-electron chi connectivity index (χ4n) is 1.40. The molecule has 0 saturated heterocycles. The Balaban J connectivity index is 2.80. The number of benzene rings is 1. The fraction of sp³-hybridized carbons (Fsp3) is 0.111. The maximum Gasteiger partial charge on any atom is 0.418 e. The van der Waals surface area contributed by atoms with E-state index in [-0.39, 0.29) is 16.5 Å². The molecule has 1 aromatic heterocycles. The van der Waals surface area contributed by atoms with Gasteiger partial charge in [0.1, 0.15) is 0 Å². The lowest BCUT2D eigenvalue weighted by Crippen LogP contribution is -2.06. The van der Waals surface area contributed by atoms with E-state index in [2.05, 4.69) is 10.2 Å². The molecule has 0 unspecified atom stereocenters. The Bertz CT molecular complexity index is 516. The van der Waals surface area contributed by atoms with Crippen LogP contribution in [-0.4, -0.2) is 16.5 Å². The van der Waals surface area contributed by atoms with Crippen LogP contribution in [0.1, 0.15) is 15.9 Å². The largest absolute Gasteiger partial charge is 0.418 e. The maximum atomic E-state index is 12.5. The van der Waals surface area contributed by atoms with E-state index in [9.17, 15) is 18.0 Å². The molecular weight excluding hydrogens is 209 g/mol. The van der Waals surface area contributed by atoms with Gasteiger partial charge in [0, 0.05) is 10.9 Å². The molecule has 6 heteroatoms. The summed E-state index contributed by atoms with van der Waals surface area (Å²) < 4.78 is 37.5. The van der Waals surface area contributed by atoms with E-state index in [1.807, 2.05) is 0 Å². The summed E-state index contributed by atoms with van der Waals surface area (Å²) in [6, 6.07) is 2.00. The number of aromatic nitrogens is 2. The maximum absolute atomic E-state index is 12.5. The first-order chi connectivity index (χ1) is 7.04. The van der Waals surface area contributed by atoms with Crippen LogP contribution in [0.15, 0.2) is 18.3 Å². The number of hydrogen-bond acceptors (Lipinski definition) is 2. The number of rotatable bonds is 1. The molecule has 0 aliphatic rings. The Morgan fingerprint density at radius 1 is 1.33 bits per heavy atom. The van der Waals surface area contributed by atoms with Gasteiger partial charge in [-0.1, -0.05) is 6.07 Å². The Hall–Kier alpha value is -1.85. The van der Waals surface area contributed by atoms with Crippen LogP contribution in [0, 0.1) is 0 Å². The molecule has 1 aromatic carbocycles. The average molecular weight is 214 g/mol. The minimum absolute atomic E-state index is 0.160. The summed E-state index contributed by atoms with van der Waals surface area (Å²) in [4.78, 5) is 10.6. The standard InChI is InChI=1S/C9H5F3N2O/c10-9(11,12)7-2-1-5(4-15)6-3-13-14-8(6)7/h1-4H,(H,13,14). The van der Waals surface area contributed by atoms with Crippen molar-refractivity contribution in [1.29, 1.82) is 0 Å². The molecule has 0 radical (unpaired) electrons. The summed E-state index contributed by atoms with van der Waals surface area (Å²) in [7, 11) is 0. The van der Waals surface area contributed by atoms with Crippen LogP contribution in [-0.2, 0) is 6.18 Å². The molecular formula is C9H5F3N2O. The van der Waals surface area contributed by atoms with Crippen LogP contribution in [0.5, 0.6) is 0 Å². The Morgan fingerprint density at radius 3 is 2.67 bits per heavy atom. The van der Waals surface area contributed by atoms with E-state index < -0.39 is 11.7 Å². The van der Waals surface area contributed by atoms with Crippen molar-refractivity contribution in [2.24, 2.45) is 0 Å². The van der Waals surface area contributed by atoms with Crippen LogP contribution in [0.25, 0.3) is 10.9 Å². The number of aromatic amines is 1. The quantitative estimate of drug-likeness (QED) is 0.741. The van der Waals surface area contributed by atoms with Gasteiger partial charge in [0.15, 0.2) is 6.29 Å². The van der Waals surface area contributed by atoms with E-state index >= 15 is 0 Å². The number of halogens is 3. The average Bonchev–Trinajstić information content (AvgIpc) is 2.62. The molecule has 0 fully saturated rings. The number of aldehydes is 1. The SMILES string of the molecule is O=Cc1ccc(C(F)(F)F)c2[nH]ncc12. The zero-order chi connectivity index (χ0) is 11.1. The van der Waals surface area contributed by atoms with Crippen LogP contribution in [0.2, 0.25) is 0 Å². The van der Waals surface area contributed by atoms with Gasteiger partial charge in [0.2, 0.25) is 0 Å². The van der Waals surface area contributed by atoms with E-state index in [0.717, 1.165) is 12.1 Å². The molecule has 0 spiro atoms. The third-order valence-corrected chi connectivity index (χ3v) is 2.08. The molecule has 2 rings (SSSR count). The number of nitrogens with zero attached hydrogens (tertiary/aromatic N) is 1. The third kappa shape index (κ3) is 1.47. The van der Waals surface area contributed by atoms with Gasteiger partial charge in [-0.2, -0.15) is 18.3 Å². The highest BCUT2D eigenvalue weighted by molar-refractivity contribution is 5.97. The Labute approximate surface area is 81.9 Å². The van der Waals surface area contributed by atoms with E-state index in [4.69, 9.17) is 0 Å². The lowest BCUT2D eigenvalue weighted by Gasteiger charge is -2.07. The van der Waals surface area contributed by atoms with Gasteiger partial charge < -0.3 is 0 Å². The van der Waals surface area contributed by atoms with Gasteiger partial charge in [0.25, 0.3) is 0 Å². The van der Waals surface area contributed by atoms with Crippen molar-refractivity contribution in [3.8, 4) is 0 Å². The number of H-pyrrole nitrogens is 1. The van der Waals surface area contributed by atoms with Crippen LogP contribution >= 0.6 is 0 Å². The van der Waals surface area contributed by atoms with E-state index in [1.54, 1.807) is 0 Å². The minimum atomic E-state index is -4.45. The summed E-state index contributed by atoms with van der Waals surface area (Å²) >= 11 is 0. The highest BCUT2D eigenvalue weighted by atomic mass is 19.4. The Morgan fingerprint density at radius 2 is 2.07 bits per heavy atom. The van der Waals surface area contributed by atoms with E-state index in [0.29, 0.717) is 6.29 Å². The van der Waals surface area contributed by atoms with Crippen molar-refractivity contribution >= 4 is 17.2 Å². The van der Waals surface area contributed by atoms with Crippen LogP contribution in [0.4, 0.5) is 13.2 Å². The van der Waals surface area contributed by atoms with E-state index in [1.165, 1.54) is 6.20 Å². The van der Waals surface area contributed by atoms with Crippen molar-refractivity contribution in [3.63, 3.8) is 0 Å². The van der Waals surface area contributed by atoms with Crippen molar-refractivity contribution in [3.05, 3.63) is 29.5 Å². The first kappa shape index (κ1) is 9.70. The van der Waals surface area contributed by atoms with Gasteiger partial charge in [-0.25, -0.2) is 0 Å². The van der Waals surface area contributed by atoms with Crippen molar-refractivity contribution in [2.45, 2.75) is 6.18 Å². The summed E-state index contributed by atoms with van der Waals surface area (Å²) in [5.41, 5.74) is -0.792. The second-order valence-corrected chi connectivity index (χ2v) is 2.98. The molecule has 0 amide bonds. The first-order valence-electron chi connectivity index (χ1n) is 4.02. The summed E-state index contributed by atoms with van der Waals surface area (Å²) in [6.07, 6.45) is -2.75. The number of carbonyl (C=O) groups is 1. The van der Waals surface area contributed by atoms with Gasteiger partial charge >= 0.3 is 6.18 Å². The number of nitrogens with one attached hydrogen (secondary N) is 1. The fourth-order valence-corrected chi connectivity index (χ4v) is 1.40. The second-order valence-electron chi connectivity index (χ2n) is 2.98. The number of carbonyl (C=O) groups excluding carboxylic acids is 1. The molecule has 0 bridgehead atoms. The minimum Gasteiger partial charge on any atom is -0.298 e. The topological polar surface area (TPSA) is 45.8 Å². The summed E-state index contributed by atoms with van der Waals surface area (Å²) in [6.45, 7) is 0. The van der Waals surface area contributed by atoms with Crippen molar-refractivity contribution < 1.29 is 18.0 Å². The molecule has 0 saturated carbocycles. The lowest BCUT2D eigenvalue weighted by atomic mass is 10.1. The predicted molar refractivity (Wildman–Crippen MR) is 46.5 cm³/mol. The van der Waals surface area contributed by atoms with Crippen molar-refractivity contribution in [1.82, 2.24) is 10.2 Å². The molecule has 0 aliphatic carbocycles. The first-order valence-corrected chi connectivity index (χ1v) is 4.02. The normalized spacial score (nSPS) is 11.9. The molecule has 2 aromatic rings. The smallest absolute Gasteiger partial charge is 0.298 e. The lowest BCUT2D eigenvalue weighted by molar-refractivity contribution is -0.136. The second kappa shape index (κ2) is 3.08. The Kier molecular flexibility index (Phi) is 1.99.